The van der Waals surface area contributed by atoms with E-state index in [9.17, 15) is 9.90 Å². The minimum absolute atomic E-state index is 0.0854. The molecule has 0 atom stereocenters. The van der Waals surface area contributed by atoms with E-state index in [0.717, 1.165) is 27.3 Å². The molecule has 0 bridgehead atoms. The van der Waals surface area contributed by atoms with Crippen LogP contribution in [0.25, 0.3) is 33.5 Å². The number of aromatic nitrogens is 4. The molecule has 0 radical (unpaired) electrons. The third-order valence-corrected chi connectivity index (χ3v) is 6.19. The van der Waals surface area contributed by atoms with Crippen molar-refractivity contribution in [2.75, 3.05) is 7.11 Å². The Bertz CT molecular complexity index is 1510. The van der Waals surface area contributed by atoms with Gasteiger partial charge in [0.1, 0.15) is 11.6 Å². The molecule has 0 saturated carbocycles. The number of pyridine rings is 1. The zero-order valence-corrected chi connectivity index (χ0v) is 19.3. The van der Waals surface area contributed by atoms with Crippen LogP contribution >= 0.6 is 11.3 Å². The summed E-state index contributed by atoms with van der Waals surface area (Å²) < 4.78 is 5.37. The summed E-state index contributed by atoms with van der Waals surface area (Å²) in [6, 6.07) is 14.2. The molecular formula is C25H21N5O3S. The number of amides is 1. The van der Waals surface area contributed by atoms with Crippen molar-refractivity contribution in [1.29, 1.82) is 0 Å². The summed E-state index contributed by atoms with van der Waals surface area (Å²) >= 11 is 1.55. The smallest absolute Gasteiger partial charge is 0.251 e. The van der Waals surface area contributed by atoms with Gasteiger partial charge in [-0.1, -0.05) is 6.07 Å². The molecule has 0 spiro atoms. The third kappa shape index (κ3) is 4.20. The number of H-pyrrole nitrogens is 1. The molecule has 0 aliphatic carbocycles. The number of rotatable bonds is 6. The van der Waals surface area contributed by atoms with Crippen LogP contribution in [0.4, 0.5) is 0 Å². The summed E-state index contributed by atoms with van der Waals surface area (Å²) in [5.74, 6) is 0.868. The first-order valence-electron chi connectivity index (χ1n) is 10.5. The van der Waals surface area contributed by atoms with Crippen molar-refractivity contribution >= 4 is 28.3 Å². The molecule has 3 N–H and O–H groups in total. The first kappa shape index (κ1) is 21.6. The number of nitrogens with zero attached hydrogens (tertiary/aromatic N) is 3. The van der Waals surface area contributed by atoms with Crippen molar-refractivity contribution in [2.45, 2.75) is 13.5 Å². The van der Waals surface area contributed by atoms with E-state index in [1.807, 2.05) is 30.5 Å². The SMILES string of the molecule is COc1ncccc1-c1ccc(O)c(-c2nc3cc(C(=O)NCc4csc(C)n4)ccc3[nH]2)c1. The number of hydrogen-bond donors (Lipinski definition) is 3. The summed E-state index contributed by atoms with van der Waals surface area (Å²) in [4.78, 5) is 29.1. The quantitative estimate of drug-likeness (QED) is 0.331. The lowest BCUT2D eigenvalue weighted by molar-refractivity contribution is 0.0950. The van der Waals surface area contributed by atoms with Crippen LogP contribution in [0, 0.1) is 6.92 Å². The number of phenolic OH excluding ortho intramolecular Hbond substituents is 1. The highest BCUT2D eigenvalue weighted by molar-refractivity contribution is 7.09. The Morgan fingerprint density at radius 2 is 2.03 bits per heavy atom. The fourth-order valence-electron chi connectivity index (χ4n) is 3.70. The van der Waals surface area contributed by atoms with Gasteiger partial charge in [0, 0.05) is 22.7 Å². The Labute approximate surface area is 199 Å². The Kier molecular flexibility index (Phi) is 5.69. The summed E-state index contributed by atoms with van der Waals surface area (Å²) in [5.41, 5.74) is 4.87. The number of imidazole rings is 1. The van der Waals surface area contributed by atoms with Gasteiger partial charge >= 0.3 is 0 Å². The van der Waals surface area contributed by atoms with Crippen molar-refractivity contribution in [2.24, 2.45) is 0 Å². The minimum Gasteiger partial charge on any atom is -0.507 e. The Balaban J connectivity index is 1.44. The summed E-state index contributed by atoms with van der Waals surface area (Å²) in [7, 11) is 1.57. The van der Waals surface area contributed by atoms with Crippen molar-refractivity contribution < 1.29 is 14.6 Å². The van der Waals surface area contributed by atoms with Crippen molar-refractivity contribution in [3.8, 4) is 34.1 Å². The van der Waals surface area contributed by atoms with Gasteiger partial charge in [-0.3, -0.25) is 4.79 Å². The molecule has 3 aromatic heterocycles. The highest BCUT2D eigenvalue weighted by atomic mass is 32.1. The number of aromatic hydroxyl groups is 1. The molecule has 1 amide bonds. The van der Waals surface area contributed by atoms with E-state index in [1.54, 1.807) is 55.0 Å². The number of phenols is 1. The van der Waals surface area contributed by atoms with Gasteiger partial charge in [0.15, 0.2) is 0 Å². The van der Waals surface area contributed by atoms with Crippen LogP contribution in [0.2, 0.25) is 0 Å². The van der Waals surface area contributed by atoms with Gasteiger partial charge in [0.05, 0.1) is 41.0 Å². The lowest BCUT2D eigenvalue weighted by Gasteiger charge is -2.09. The minimum atomic E-state index is -0.203. The van der Waals surface area contributed by atoms with Crippen molar-refractivity contribution in [3.63, 3.8) is 0 Å². The predicted molar refractivity (Wildman–Crippen MR) is 131 cm³/mol. The maximum absolute atomic E-state index is 12.6. The average Bonchev–Trinajstić information content (AvgIpc) is 3.48. The van der Waals surface area contributed by atoms with E-state index in [-0.39, 0.29) is 11.7 Å². The molecule has 170 valence electrons. The number of nitrogens with one attached hydrogen (secondary N) is 2. The van der Waals surface area contributed by atoms with Gasteiger partial charge < -0.3 is 20.1 Å². The highest BCUT2D eigenvalue weighted by Gasteiger charge is 2.15. The maximum atomic E-state index is 12.6. The molecular weight excluding hydrogens is 450 g/mol. The molecule has 5 aromatic rings. The number of aromatic amines is 1. The van der Waals surface area contributed by atoms with E-state index in [0.29, 0.717) is 34.9 Å². The monoisotopic (exact) mass is 471 g/mol. The second-order valence-electron chi connectivity index (χ2n) is 7.65. The first-order chi connectivity index (χ1) is 16.5. The second-order valence-corrected chi connectivity index (χ2v) is 8.71. The molecule has 0 aliphatic rings. The van der Waals surface area contributed by atoms with E-state index >= 15 is 0 Å². The molecule has 2 aromatic carbocycles. The van der Waals surface area contributed by atoms with Crippen molar-refractivity contribution in [1.82, 2.24) is 25.3 Å². The number of hydrogen-bond acceptors (Lipinski definition) is 7. The summed E-state index contributed by atoms with van der Waals surface area (Å²) in [5, 5.41) is 16.3. The van der Waals surface area contributed by atoms with Crippen molar-refractivity contribution in [3.05, 3.63) is 76.4 Å². The molecule has 0 saturated heterocycles. The van der Waals surface area contributed by atoms with Crippen LogP contribution in [-0.4, -0.2) is 38.1 Å². The number of fused-ring (bicyclic) bond motifs is 1. The van der Waals surface area contributed by atoms with Gasteiger partial charge in [-0.25, -0.2) is 15.0 Å². The Morgan fingerprint density at radius 3 is 2.82 bits per heavy atom. The third-order valence-electron chi connectivity index (χ3n) is 5.37. The zero-order valence-electron chi connectivity index (χ0n) is 18.5. The van der Waals surface area contributed by atoms with Crippen LogP contribution in [0.1, 0.15) is 21.1 Å². The van der Waals surface area contributed by atoms with E-state index in [1.165, 1.54) is 0 Å². The Hall–Kier alpha value is -4.24. The number of thiazole rings is 1. The second kappa shape index (κ2) is 8.95. The van der Waals surface area contributed by atoms with Gasteiger partial charge in [-0.05, 0) is 55.0 Å². The van der Waals surface area contributed by atoms with E-state index < -0.39 is 0 Å². The van der Waals surface area contributed by atoms with Crippen LogP contribution in [-0.2, 0) is 6.54 Å². The molecule has 3 heterocycles. The molecule has 0 aliphatic heterocycles. The highest BCUT2D eigenvalue weighted by Crippen LogP contribution is 2.35. The van der Waals surface area contributed by atoms with Crippen LogP contribution < -0.4 is 10.1 Å². The Morgan fingerprint density at radius 1 is 1.15 bits per heavy atom. The number of benzene rings is 2. The normalized spacial score (nSPS) is 11.0. The lowest BCUT2D eigenvalue weighted by Crippen LogP contribution is -2.22. The fourth-order valence-corrected chi connectivity index (χ4v) is 4.32. The molecule has 9 heteroatoms. The van der Waals surface area contributed by atoms with Gasteiger partial charge in [0.25, 0.3) is 5.91 Å². The fraction of sp³-hybridized carbons (Fsp3) is 0.120. The van der Waals surface area contributed by atoms with Gasteiger partial charge in [-0.2, -0.15) is 0 Å². The van der Waals surface area contributed by atoms with E-state index in [2.05, 4.69) is 25.3 Å². The maximum Gasteiger partial charge on any atom is 0.251 e. The number of aryl methyl sites for hydroxylation is 1. The number of carbonyl (C=O) groups is 1. The molecule has 8 nitrogen and oxygen atoms in total. The standard InChI is InChI=1S/C25H21N5O3S/c1-14-28-17(13-34-14)12-27-24(32)16-5-7-20-21(11-16)30-23(29-20)19-10-15(6-8-22(19)31)18-4-3-9-26-25(18)33-2/h3-11,13,31H,12H2,1-2H3,(H,27,32)(H,29,30). The molecule has 5 rings (SSSR count). The van der Waals surface area contributed by atoms with Crippen LogP contribution in [0.3, 0.4) is 0 Å². The molecule has 34 heavy (non-hydrogen) atoms. The number of carbonyl (C=O) groups excluding carboxylic acids is 1. The predicted octanol–water partition coefficient (Wildman–Crippen LogP) is 4.70. The molecule has 0 fully saturated rings. The largest absolute Gasteiger partial charge is 0.507 e. The zero-order chi connectivity index (χ0) is 23.7. The lowest BCUT2D eigenvalue weighted by atomic mass is 10.0. The topological polar surface area (TPSA) is 113 Å². The number of ether oxygens (including phenoxy) is 1. The van der Waals surface area contributed by atoms with Gasteiger partial charge in [-0.15, -0.1) is 11.3 Å². The average molecular weight is 472 g/mol. The van der Waals surface area contributed by atoms with Gasteiger partial charge in [0.2, 0.25) is 5.88 Å². The summed E-state index contributed by atoms with van der Waals surface area (Å²) in [6.45, 7) is 2.30. The number of methoxy groups -OCH3 is 1. The first-order valence-corrected chi connectivity index (χ1v) is 11.4. The van der Waals surface area contributed by atoms with Crippen LogP contribution in [0.15, 0.2) is 60.1 Å². The van der Waals surface area contributed by atoms with Crippen LogP contribution in [0.5, 0.6) is 11.6 Å². The van der Waals surface area contributed by atoms with E-state index in [4.69, 9.17) is 4.74 Å². The summed E-state index contributed by atoms with van der Waals surface area (Å²) in [6.07, 6.45) is 1.66. The molecule has 0 unspecified atom stereocenters.